The van der Waals surface area contributed by atoms with Crippen molar-refractivity contribution in [2.75, 3.05) is 18.5 Å². The Kier molecular flexibility index (Phi) is 6.45. The molecule has 0 bridgehead atoms. The van der Waals surface area contributed by atoms with Crippen molar-refractivity contribution in [2.24, 2.45) is 0 Å². The van der Waals surface area contributed by atoms with Gasteiger partial charge in [0.1, 0.15) is 11.6 Å². The number of rotatable bonds is 7. The van der Waals surface area contributed by atoms with Gasteiger partial charge in [0.25, 0.3) is 11.6 Å². The number of non-ortho nitro benzene ring substituents is 1. The van der Waals surface area contributed by atoms with Crippen LogP contribution >= 0.6 is 11.6 Å². The molecule has 0 aliphatic carbocycles. The molecule has 0 unspecified atom stereocenters. The lowest BCUT2D eigenvalue weighted by molar-refractivity contribution is -0.384. The van der Waals surface area contributed by atoms with Crippen molar-refractivity contribution in [2.45, 2.75) is 0 Å². The molecule has 10 heteroatoms. The third kappa shape index (κ3) is 5.71. The van der Waals surface area contributed by atoms with Gasteiger partial charge in [-0.2, -0.15) is 0 Å². The maximum atomic E-state index is 12.8. The molecule has 0 aromatic heterocycles. The average molecular weight is 382 g/mol. The highest BCUT2D eigenvalue weighted by Gasteiger charge is 2.12. The number of carbonyl (C=O) groups excluding carboxylic acids is 2. The van der Waals surface area contributed by atoms with E-state index in [2.05, 4.69) is 10.6 Å². The van der Waals surface area contributed by atoms with Crippen molar-refractivity contribution in [3.8, 4) is 5.75 Å². The minimum Gasteiger partial charge on any atom is -0.482 e. The molecule has 2 aromatic carbocycles. The van der Waals surface area contributed by atoms with E-state index >= 15 is 0 Å². The van der Waals surface area contributed by atoms with Crippen LogP contribution in [0.2, 0.25) is 5.02 Å². The molecule has 2 amide bonds. The van der Waals surface area contributed by atoms with Crippen molar-refractivity contribution in [3.63, 3.8) is 0 Å². The van der Waals surface area contributed by atoms with Crippen LogP contribution in [0.25, 0.3) is 0 Å². The molecule has 2 N–H and O–H groups in total. The molecule has 0 saturated carbocycles. The van der Waals surface area contributed by atoms with Gasteiger partial charge in [0.15, 0.2) is 6.61 Å². The second-order valence-electron chi connectivity index (χ2n) is 4.99. The number of nitro groups is 1. The lowest BCUT2D eigenvalue weighted by atomic mass is 10.3. The first-order valence-electron chi connectivity index (χ1n) is 7.24. The summed E-state index contributed by atoms with van der Waals surface area (Å²) in [6.07, 6.45) is 0. The highest BCUT2D eigenvalue weighted by Crippen LogP contribution is 2.28. The van der Waals surface area contributed by atoms with Crippen LogP contribution < -0.4 is 15.4 Å². The predicted octanol–water partition coefficient (Wildman–Crippen LogP) is 2.52. The molecule has 136 valence electrons. The Morgan fingerprint density at radius 2 is 1.85 bits per heavy atom. The number of hydrogen-bond donors (Lipinski definition) is 2. The van der Waals surface area contributed by atoms with Gasteiger partial charge in [0, 0.05) is 17.8 Å². The summed E-state index contributed by atoms with van der Waals surface area (Å²) < 4.78 is 17.9. The number of nitro benzene ring substituents is 1. The summed E-state index contributed by atoms with van der Waals surface area (Å²) in [5.74, 6) is -1.42. The number of amides is 2. The lowest BCUT2D eigenvalue weighted by Gasteiger charge is -2.09. The Labute approximate surface area is 152 Å². The van der Waals surface area contributed by atoms with E-state index in [4.69, 9.17) is 16.3 Å². The van der Waals surface area contributed by atoms with Gasteiger partial charge in [-0.05, 0) is 30.3 Å². The summed E-state index contributed by atoms with van der Waals surface area (Å²) in [5.41, 5.74) is 0.184. The molecule has 8 nitrogen and oxygen atoms in total. The molecule has 0 fully saturated rings. The fourth-order valence-corrected chi connectivity index (χ4v) is 2.06. The molecular formula is C16H13ClFN3O5. The molecular weight excluding hydrogens is 369 g/mol. The second-order valence-corrected chi connectivity index (χ2v) is 5.40. The number of ether oxygens (including phenoxy) is 1. The Morgan fingerprint density at radius 3 is 2.46 bits per heavy atom. The van der Waals surface area contributed by atoms with E-state index in [1.807, 2.05) is 0 Å². The number of benzene rings is 2. The Balaban J connectivity index is 1.77. The number of halogens is 2. The van der Waals surface area contributed by atoms with E-state index in [-0.39, 0.29) is 23.0 Å². The zero-order chi connectivity index (χ0) is 19.1. The first-order valence-corrected chi connectivity index (χ1v) is 7.62. The van der Waals surface area contributed by atoms with Gasteiger partial charge in [-0.1, -0.05) is 11.6 Å². The molecule has 0 saturated heterocycles. The minimum absolute atomic E-state index is 0.0129. The van der Waals surface area contributed by atoms with Crippen LogP contribution in [0, 0.1) is 15.9 Å². The van der Waals surface area contributed by atoms with Crippen LogP contribution in [0.3, 0.4) is 0 Å². The maximum absolute atomic E-state index is 12.8. The molecule has 2 rings (SSSR count). The average Bonchev–Trinajstić information content (AvgIpc) is 2.60. The maximum Gasteiger partial charge on any atom is 0.271 e. The fraction of sp³-hybridized carbons (Fsp3) is 0.125. The first-order chi connectivity index (χ1) is 12.3. The molecule has 2 aromatic rings. The minimum atomic E-state index is -0.609. The lowest BCUT2D eigenvalue weighted by Crippen LogP contribution is -2.35. The molecule has 0 spiro atoms. The molecule has 26 heavy (non-hydrogen) atoms. The summed E-state index contributed by atoms with van der Waals surface area (Å²) in [4.78, 5) is 33.4. The number of anilines is 1. The van der Waals surface area contributed by atoms with E-state index in [1.165, 1.54) is 36.4 Å². The molecule has 0 aliphatic heterocycles. The van der Waals surface area contributed by atoms with Gasteiger partial charge in [0.05, 0.1) is 16.5 Å². The largest absolute Gasteiger partial charge is 0.482 e. The fourth-order valence-electron chi connectivity index (χ4n) is 1.83. The van der Waals surface area contributed by atoms with Crippen molar-refractivity contribution in [1.29, 1.82) is 0 Å². The summed E-state index contributed by atoms with van der Waals surface area (Å²) in [7, 11) is 0. The quantitative estimate of drug-likeness (QED) is 0.565. The highest BCUT2D eigenvalue weighted by molar-refractivity contribution is 6.32. The van der Waals surface area contributed by atoms with Crippen molar-refractivity contribution < 1.29 is 23.6 Å². The van der Waals surface area contributed by atoms with Gasteiger partial charge in [-0.15, -0.1) is 0 Å². The van der Waals surface area contributed by atoms with Gasteiger partial charge in [0.2, 0.25) is 5.91 Å². The third-order valence-corrected chi connectivity index (χ3v) is 3.35. The molecule has 0 radical (unpaired) electrons. The van der Waals surface area contributed by atoms with Crippen molar-refractivity contribution >= 4 is 34.8 Å². The van der Waals surface area contributed by atoms with Gasteiger partial charge in [-0.3, -0.25) is 19.7 Å². The van der Waals surface area contributed by atoms with Crippen LogP contribution in [0.4, 0.5) is 15.8 Å². The SMILES string of the molecule is O=C(COc1ccc([N+](=O)[O-])cc1Cl)NCC(=O)Nc1ccc(F)cc1. The van der Waals surface area contributed by atoms with Gasteiger partial charge >= 0.3 is 0 Å². The van der Waals surface area contributed by atoms with E-state index in [1.54, 1.807) is 0 Å². The Hall–Kier alpha value is -3.20. The first kappa shape index (κ1) is 19.1. The normalized spacial score (nSPS) is 10.1. The third-order valence-electron chi connectivity index (χ3n) is 3.06. The second kappa shape index (κ2) is 8.77. The number of carbonyl (C=O) groups is 2. The van der Waals surface area contributed by atoms with Crippen LogP contribution in [0.15, 0.2) is 42.5 Å². The summed E-state index contributed by atoms with van der Waals surface area (Å²) in [6, 6.07) is 8.71. The molecule has 0 aliphatic rings. The van der Waals surface area contributed by atoms with Gasteiger partial charge < -0.3 is 15.4 Å². The number of nitrogens with one attached hydrogen (secondary N) is 2. The van der Waals surface area contributed by atoms with Crippen LogP contribution in [-0.2, 0) is 9.59 Å². The van der Waals surface area contributed by atoms with Crippen molar-refractivity contribution in [3.05, 3.63) is 63.4 Å². The van der Waals surface area contributed by atoms with E-state index in [0.717, 1.165) is 6.07 Å². The van der Waals surface area contributed by atoms with E-state index < -0.39 is 29.2 Å². The van der Waals surface area contributed by atoms with Crippen LogP contribution in [0.1, 0.15) is 0 Å². The summed E-state index contributed by atoms with van der Waals surface area (Å²) in [6.45, 7) is -0.741. The number of nitrogens with zero attached hydrogens (tertiary/aromatic N) is 1. The zero-order valence-corrected chi connectivity index (χ0v) is 14.0. The summed E-state index contributed by atoms with van der Waals surface area (Å²) >= 11 is 5.83. The zero-order valence-electron chi connectivity index (χ0n) is 13.2. The molecule has 0 atom stereocenters. The van der Waals surface area contributed by atoms with Crippen molar-refractivity contribution in [1.82, 2.24) is 5.32 Å². The standard InChI is InChI=1S/C16H13ClFN3O5/c17-13-7-12(21(24)25)5-6-14(13)26-9-16(23)19-8-15(22)20-11-3-1-10(18)2-4-11/h1-7H,8-9H2,(H,19,23)(H,20,22). The monoisotopic (exact) mass is 381 g/mol. The Bertz CT molecular complexity index is 829. The smallest absolute Gasteiger partial charge is 0.271 e. The van der Waals surface area contributed by atoms with E-state index in [0.29, 0.717) is 5.69 Å². The summed E-state index contributed by atoms with van der Waals surface area (Å²) in [5, 5.41) is 15.4. The van der Waals surface area contributed by atoms with Gasteiger partial charge in [-0.25, -0.2) is 4.39 Å². The Morgan fingerprint density at radius 1 is 1.15 bits per heavy atom. The van der Waals surface area contributed by atoms with Crippen LogP contribution in [0.5, 0.6) is 5.75 Å². The highest BCUT2D eigenvalue weighted by atomic mass is 35.5. The predicted molar refractivity (Wildman–Crippen MR) is 91.6 cm³/mol. The molecule has 0 heterocycles. The topological polar surface area (TPSA) is 111 Å². The number of hydrogen-bond acceptors (Lipinski definition) is 5. The van der Waals surface area contributed by atoms with Crippen LogP contribution in [-0.4, -0.2) is 29.9 Å². The van der Waals surface area contributed by atoms with E-state index in [9.17, 15) is 24.1 Å².